The molecule has 1 aromatic carbocycles. The van der Waals surface area contributed by atoms with Gasteiger partial charge in [0.2, 0.25) is 5.88 Å². The number of carbonyl (C=O) groups excluding carboxylic acids is 1. The quantitative estimate of drug-likeness (QED) is 0.559. The summed E-state index contributed by atoms with van der Waals surface area (Å²) in [7, 11) is 0. The highest BCUT2D eigenvalue weighted by atomic mass is 16.5. The number of pyridine rings is 1. The lowest BCUT2D eigenvalue weighted by Crippen LogP contribution is -2.38. The van der Waals surface area contributed by atoms with E-state index in [-0.39, 0.29) is 11.7 Å². The topological polar surface area (TPSA) is 107 Å². The molecule has 1 aliphatic rings. The molecule has 2 aromatic heterocycles. The number of carbonyl (C=O) groups is 1. The van der Waals surface area contributed by atoms with Gasteiger partial charge >= 0.3 is 0 Å². The van der Waals surface area contributed by atoms with Crippen molar-refractivity contribution in [2.75, 3.05) is 32.0 Å². The second-order valence-electron chi connectivity index (χ2n) is 8.03. The van der Waals surface area contributed by atoms with Crippen LogP contribution in [0.15, 0.2) is 53.1 Å². The smallest absolute Gasteiger partial charge is 0.251 e. The Bertz CT molecular complexity index is 1030. The number of amides is 1. The highest BCUT2D eigenvalue weighted by molar-refractivity contribution is 5.95. The third kappa shape index (κ3) is 5.64. The second kappa shape index (κ2) is 10.3. The van der Waals surface area contributed by atoms with Crippen LogP contribution in [-0.2, 0) is 6.54 Å². The highest BCUT2D eigenvalue weighted by Crippen LogP contribution is 2.22. The van der Waals surface area contributed by atoms with Crippen LogP contribution in [0.2, 0.25) is 0 Å². The van der Waals surface area contributed by atoms with Gasteiger partial charge in [-0.05, 0) is 44.8 Å². The number of aromatic nitrogens is 2. The minimum atomic E-state index is -0.155. The number of benzene rings is 1. The van der Waals surface area contributed by atoms with E-state index in [4.69, 9.17) is 15.0 Å². The van der Waals surface area contributed by atoms with Crippen molar-refractivity contribution in [3.05, 3.63) is 59.9 Å². The summed E-state index contributed by atoms with van der Waals surface area (Å²) in [6, 6.07) is 15.2. The molecule has 0 aliphatic carbocycles. The Morgan fingerprint density at radius 3 is 2.75 bits per heavy atom. The SMILES string of the molecule is CCOc1cc(C(=O)NCC2CCN(Cc3cc(-c4ccccc4)no3)CC2)cc(N)n1. The number of rotatable bonds is 8. The van der Waals surface area contributed by atoms with Gasteiger partial charge in [0.25, 0.3) is 5.91 Å². The maximum Gasteiger partial charge on any atom is 0.251 e. The lowest BCUT2D eigenvalue weighted by molar-refractivity contribution is 0.0933. The van der Waals surface area contributed by atoms with E-state index in [1.165, 1.54) is 0 Å². The van der Waals surface area contributed by atoms with Crippen molar-refractivity contribution in [2.24, 2.45) is 5.92 Å². The van der Waals surface area contributed by atoms with Crippen LogP contribution in [-0.4, -0.2) is 47.2 Å². The zero-order valence-corrected chi connectivity index (χ0v) is 18.3. The number of hydrogen-bond donors (Lipinski definition) is 2. The molecule has 0 spiro atoms. The van der Waals surface area contributed by atoms with Crippen molar-refractivity contribution in [1.82, 2.24) is 20.4 Å². The molecule has 3 N–H and O–H groups in total. The van der Waals surface area contributed by atoms with Gasteiger partial charge in [-0.25, -0.2) is 0 Å². The molecule has 4 rings (SSSR count). The van der Waals surface area contributed by atoms with Gasteiger partial charge in [0.1, 0.15) is 11.5 Å². The minimum Gasteiger partial charge on any atom is -0.478 e. The Balaban J connectivity index is 1.23. The average Bonchev–Trinajstić information content (AvgIpc) is 3.27. The van der Waals surface area contributed by atoms with Crippen molar-refractivity contribution in [3.8, 4) is 17.1 Å². The summed E-state index contributed by atoms with van der Waals surface area (Å²) >= 11 is 0. The molecular weight excluding hydrogens is 406 g/mol. The zero-order valence-electron chi connectivity index (χ0n) is 18.3. The predicted molar refractivity (Wildman–Crippen MR) is 122 cm³/mol. The van der Waals surface area contributed by atoms with E-state index in [1.54, 1.807) is 12.1 Å². The maximum absolute atomic E-state index is 12.5. The summed E-state index contributed by atoms with van der Waals surface area (Å²) in [5.41, 5.74) is 8.18. The summed E-state index contributed by atoms with van der Waals surface area (Å²) in [6.45, 7) is 5.63. The third-order valence-corrected chi connectivity index (χ3v) is 5.64. The number of anilines is 1. The summed E-state index contributed by atoms with van der Waals surface area (Å²) < 4.78 is 10.9. The van der Waals surface area contributed by atoms with Crippen LogP contribution in [0.1, 0.15) is 35.9 Å². The minimum absolute atomic E-state index is 0.155. The monoisotopic (exact) mass is 435 g/mol. The van der Waals surface area contributed by atoms with Crippen LogP contribution in [0.3, 0.4) is 0 Å². The molecule has 0 saturated carbocycles. The van der Waals surface area contributed by atoms with E-state index in [2.05, 4.69) is 20.4 Å². The lowest BCUT2D eigenvalue weighted by atomic mass is 9.96. The van der Waals surface area contributed by atoms with Gasteiger partial charge in [-0.2, -0.15) is 4.98 Å². The number of hydrogen-bond acceptors (Lipinski definition) is 7. The number of likely N-dealkylation sites (tertiary alicyclic amines) is 1. The van der Waals surface area contributed by atoms with Gasteiger partial charge in [-0.3, -0.25) is 9.69 Å². The van der Waals surface area contributed by atoms with Gasteiger partial charge < -0.3 is 20.3 Å². The van der Waals surface area contributed by atoms with E-state index in [9.17, 15) is 4.79 Å². The molecule has 1 saturated heterocycles. The first kappa shape index (κ1) is 21.8. The van der Waals surface area contributed by atoms with Crippen molar-refractivity contribution in [3.63, 3.8) is 0 Å². The number of nitrogens with two attached hydrogens (primary N) is 1. The maximum atomic E-state index is 12.5. The summed E-state index contributed by atoms with van der Waals surface area (Å²) in [5, 5.41) is 7.22. The largest absolute Gasteiger partial charge is 0.478 e. The second-order valence-corrected chi connectivity index (χ2v) is 8.03. The van der Waals surface area contributed by atoms with E-state index in [0.717, 1.165) is 49.5 Å². The van der Waals surface area contributed by atoms with Crippen LogP contribution in [0.5, 0.6) is 5.88 Å². The van der Waals surface area contributed by atoms with Crippen LogP contribution >= 0.6 is 0 Å². The Hall–Kier alpha value is -3.39. The van der Waals surface area contributed by atoms with E-state index in [0.29, 0.717) is 30.5 Å². The van der Waals surface area contributed by atoms with E-state index < -0.39 is 0 Å². The molecule has 1 amide bonds. The van der Waals surface area contributed by atoms with Crippen LogP contribution in [0.25, 0.3) is 11.3 Å². The van der Waals surface area contributed by atoms with Gasteiger partial charge in [-0.1, -0.05) is 35.5 Å². The summed E-state index contributed by atoms with van der Waals surface area (Å²) in [6.07, 6.45) is 2.03. The molecule has 8 nitrogen and oxygen atoms in total. The standard InChI is InChI=1S/C24H29N5O3/c1-2-31-23-13-19(12-22(25)27-23)24(30)26-15-17-8-10-29(11-9-17)16-20-14-21(28-32-20)18-6-4-3-5-7-18/h3-7,12-14,17H,2,8-11,15-16H2,1H3,(H2,25,27)(H,26,30). The van der Waals surface area contributed by atoms with E-state index >= 15 is 0 Å². The molecule has 1 aliphatic heterocycles. The van der Waals surface area contributed by atoms with Crippen molar-refractivity contribution in [1.29, 1.82) is 0 Å². The van der Waals surface area contributed by atoms with Gasteiger partial charge in [0.05, 0.1) is 13.2 Å². The van der Waals surface area contributed by atoms with Crippen LogP contribution in [0, 0.1) is 5.92 Å². The number of piperidine rings is 1. The fourth-order valence-corrected chi connectivity index (χ4v) is 3.92. The Morgan fingerprint density at radius 2 is 2.00 bits per heavy atom. The normalized spacial score (nSPS) is 14.9. The average molecular weight is 436 g/mol. The van der Waals surface area contributed by atoms with Crippen molar-refractivity contribution >= 4 is 11.7 Å². The van der Waals surface area contributed by atoms with Gasteiger partial charge in [-0.15, -0.1) is 0 Å². The lowest BCUT2D eigenvalue weighted by Gasteiger charge is -2.31. The van der Waals surface area contributed by atoms with Crippen LogP contribution < -0.4 is 15.8 Å². The molecule has 0 radical (unpaired) electrons. The van der Waals surface area contributed by atoms with Crippen LogP contribution in [0.4, 0.5) is 5.82 Å². The third-order valence-electron chi connectivity index (χ3n) is 5.64. The molecule has 32 heavy (non-hydrogen) atoms. The molecule has 0 unspecified atom stereocenters. The predicted octanol–water partition coefficient (Wildman–Crippen LogP) is 3.36. The molecule has 3 aromatic rings. The van der Waals surface area contributed by atoms with Gasteiger partial charge in [0, 0.05) is 29.8 Å². The summed E-state index contributed by atoms with van der Waals surface area (Å²) in [4.78, 5) is 19.0. The number of nitrogens with one attached hydrogen (secondary N) is 1. The molecule has 8 heteroatoms. The first-order valence-electron chi connectivity index (χ1n) is 11.0. The Labute approximate surface area is 187 Å². The number of ether oxygens (including phenoxy) is 1. The highest BCUT2D eigenvalue weighted by Gasteiger charge is 2.21. The molecular formula is C24H29N5O3. The first-order chi connectivity index (χ1) is 15.6. The first-order valence-corrected chi connectivity index (χ1v) is 11.0. The Morgan fingerprint density at radius 1 is 1.22 bits per heavy atom. The molecule has 168 valence electrons. The molecule has 1 fully saturated rings. The van der Waals surface area contributed by atoms with Crippen molar-refractivity contribution in [2.45, 2.75) is 26.3 Å². The molecule has 0 bridgehead atoms. The molecule has 3 heterocycles. The Kier molecular flexibility index (Phi) is 7.01. The van der Waals surface area contributed by atoms with E-state index in [1.807, 2.05) is 43.3 Å². The summed E-state index contributed by atoms with van der Waals surface area (Å²) in [5.74, 6) is 1.80. The number of nitrogen functional groups attached to an aromatic ring is 1. The zero-order chi connectivity index (χ0) is 22.3. The fraction of sp³-hybridized carbons (Fsp3) is 0.375. The fourth-order valence-electron chi connectivity index (χ4n) is 3.92. The molecule has 0 atom stereocenters. The van der Waals surface area contributed by atoms with Crippen molar-refractivity contribution < 1.29 is 14.1 Å². The van der Waals surface area contributed by atoms with Gasteiger partial charge in [0.15, 0.2) is 5.76 Å². The number of nitrogens with zero attached hydrogens (tertiary/aromatic N) is 3.